The lowest BCUT2D eigenvalue weighted by Gasteiger charge is -2.31. The van der Waals surface area contributed by atoms with Crippen LogP contribution in [0.15, 0.2) is 54.4 Å². The Kier molecular flexibility index (Phi) is 8.91. The Morgan fingerprint density at radius 1 is 1.10 bits per heavy atom. The van der Waals surface area contributed by atoms with Crippen LogP contribution >= 0.6 is 0 Å². The number of nitrogens with zero attached hydrogens (tertiary/aromatic N) is 2. The number of pyridine rings is 1. The Morgan fingerprint density at radius 3 is 2.52 bits per heavy atom. The Bertz CT molecular complexity index is 740. The molecule has 1 aliphatic heterocycles. The summed E-state index contributed by atoms with van der Waals surface area (Å²) in [7, 11) is 2.03. The quantitative estimate of drug-likeness (QED) is 0.710. The highest BCUT2D eigenvalue weighted by Crippen LogP contribution is 2.29. The van der Waals surface area contributed by atoms with E-state index in [0.717, 1.165) is 12.5 Å². The van der Waals surface area contributed by atoms with Gasteiger partial charge in [0.15, 0.2) is 0 Å². The molecule has 2 fully saturated rings. The van der Waals surface area contributed by atoms with Crippen molar-refractivity contribution in [1.29, 1.82) is 0 Å². The second-order valence-corrected chi connectivity index (χ2v) is 8.51. The van der Waals surface area contributed by atoms with Gasteiger partial charge in [-0.1, -0.05) is 42.0 Å². The summed E-state index contributed by atoms with van der Waals surface area (Å²) in [5.41, 5.74) is 5.53. The maximum atomic E-state index is 4.12. The number of hydrogen-bond acceptors (Lipinski definition) is 3. The Labute approximate surface area is 177 Å². The molecule has 0 radical (unpaired) electrons. The molecule has 1 aliphatic carbocycles. The van der Waals surface area contributed by atoms with E-state index in [1.807, 2.05) is 19.4 Å². The standard InChI is InChI=1S/C16H26N2.C10H11N/c1-17-11-14-18-12-9-16(10-13-18)8-7-15-5-3-2-4-6-15;1-8-4-10(7-11-6-8)5-9-2-3-9/h2-6,16-17H,7-14H2,1H3;4-7H,2-3H2,1H3. The van der Waals surface area contributed by atoms with E-state index in [4.69, 9.17) is 0 Å². The van der Waals surface area contributed by atoms with Crippen molar-refractivity contribution in [3.05, 3.63) is 71.1 Å². The fourth-order valence-corrected chi connectivity index (χ4v) is 3.89. The van der Waals surface area contributed by atoms with Crippen LogP contribution in [-0.2, 0) is 6.42 Å². The van der Waals surface area contributed by atoms with Crippen molar-refractivity contribution in [2.75, 3.05) is 33.2 Å². The molecule has 1 saturated carbocycles. The number of allylic oxidation sites excluding steroid dienone is 1. The minimum Gasteiger partial charge on any atom is -0.318 e. The minimum absolute atomic E-state index is 0.941. The first-order valence-electron chi connectivity index (χ1n) is 11.2. The molecule has 3 nitrogen and oxygen atoms in total. The summed E-state index contributed by atoms with van der Waals surface area (Å²) in [5.74, 6) is 0.941. The summed E-state index contributed by atoms with van der Waals surface area (Å²) in [6.45, 7) is 6.99. The molecule has 156 valence electrons. The maximum Gasteiger partial charge on any atom is 0.0340 e. The minimum atomic E-state index is 0.941. The highest BCUT2D eigenvalue weighted by molar-refractivity contribution is 5.55. The largest absolute Gasteiger partial charge is 0.318 e. The van der Waals surface area contributed by atoms with E-state index in [1.165, 1.54) is 74.8 Å². The van der Waals surface area contributed by atoms with Gasteiger partial charge in [0.05, 0.1) is 0 Å². The third-order valence-corrected chi connectivity index (χ3v) is 5.87. The number of likely N-dealkylation sites (N-methyl/N-ethyl adjacent to an activating group) is 1. The third kappa shape index (κ3) is 8.51. The van der Waals surface area contributed by atoms with E-state index in [9.17, 15) is 0 Å². The van der Waals surface area contributed by atoms with Crippen molar-refractivity contribution in [2.45, 2.75) is 45.4 Å². The van der Waals surface area contributed by atoms with Crippen LogP contribution in [0, 0.1) is 12.8 Å². The molecule has 0 spiro atoms. The number of piperidine rings is 1. The highest BCUT2D eigenvalue weighted by Gasteiger charge is 2.18. The summed E-state index contributed by atoms with van der Waals surface area (Å²) >= 11 is 0. The van der Waals surface area contributed by atoms with Gasteiger partial charge in [-0.15, -0.1) is 0 Å². The summed E-state index contributed by atoms with van der Waals surface area (Å²) in [4.78, 5) is 6.71. The van der Waals surface area contributed by atoms with E-state index in [1.54, 1.807) is 5.57 Å². The van der Waals surface area contributed by atoms with Crippen LogP contribution in [0.1, 0.15) is 48.8 Å². The molecule has 3 heteroatoms. The molecule has 4 rings (SSSR count). The van der Waals surface area contributed by atoms with Gasteiger partial charge in [0.25, 0.3) is 0 Å². The Balaban J connectivity index is 0.000000186. The lowest BCUT2D eigenvalue weighted by molar-refractivity contribution is 0.181. The zero-order valence-electron chi connectivity index (χ0n) is 18.2. The lowest BCUT2D eigenvalue weighted by atomic mass is 9.90. The van der Waals surface area contributed by atoms with Gasteiger partial charge in [0.1, 0.15) is 0 Å². The molecular weight excluding hydrogens is 354 g/mol. The van der Waals surface area contributed by atoms with Crippen molar-refractivity contribution in [3.63, 3.8) is 0 Å². The predicted molar refractivity (Wildman–Crippen MR) is 124 cm³/mol. The molecule has 1 aromatic heterocycles. The van der Waals surface area contributed by atoms with Crippen molar-refractivity contribution in [3.8, 4) is 0 Å². The highest BCUT2D eigenvalue weighted by atomic mass is 15.1. The summed E-state index contributed by atoms with van der Waals surface area (Å²) in [6, 6.07) is 13.1. The van der Waals surface area contributed by atoms with Gasteiger partial charge in [-0.3, -0.25) is 4.98 Å². The van der Waals surface area contributed by atoms with Gasteiger partial charge in [0.2, 0.25) is 0 Å². The first-order chi connectivity index (χ1) is 14.2. The number of benzene rings is 1. The zero-order chi connectivity index (χ0) is 20.3. The molecule has 0 atom stereocenters. The molecule has 2 aromatic rings. The van der Waals surface area contributed by atoms with Crippen LogP contribution in [0.25, 0.3) is 6.08 Å². The second-order valence-electron chi connectivity index (χ2n) is 8.51. The third-order valence-electron chi connectivity index (χ3n) is 5.87. The van der Waals surface area contributed by atoms with Crippen LogP contribution < -0.4 is 5.32 Å². The molecule has 2 heterocycles. The molecule has 1 N–H and O–H groups in total. The van der Waals surface area contributed by atoms with Gasteiger partial charge in [-0.05, 0) is 94.3 Å². The topological polar surface area (TPSA) is 28.2 Å². The van der Waals surface area contributed by atoms with E-state index in [-0.39, 0.29) is 0 Å². The van der Waals surface area contributed by atoms with E-state index >= 15 is 0 Å². The maximum absolute atomic E-state index is 4.12. The summed E-state index contributed by atoms with van der Waals surface area (Å²) in [6.07, 6.45) is 14.0. The monoisotopic (exact) mass is 391 g/mol. The van der Waals surface area contributed by atoms with Crippen LogP contribution in [0.5, 0.6) is 0 Å². The zero-order valence-corrected chi connectivity index (χ0v) is 18.2. The number of aromatic nitrogens is 1. The first kappa shape index (κ1) is 21.7. The molecule has 0 unspecified atom stereocenters. The van der Waals surface area contributed by atoms with Crippen molar-refractivity contribution >= 4 is 6.08 Å². The second kappa shape index (κ2) is 11.9. The lowest BCUT2D eigenvalue weighted by Crippen LogP contribution is -2.37. The predicted octanol–water partition coefficient (Wildman–Crippen LogP) is 5.12. The SMILES string of the molecule is CNCCN1CCC(CCc2ccccc2)CC1.Cc1cncc(C=C2CC2)c1. The fraction of sp³-hybridized carbons (Fsp3) is 0.500. The van der Waals surface area contributed by atoms with Gasteiger partial charge < -0.3 is 10.2 Å². The van der Waals surface area contributed by atoms with Crippen molar-refractivity contribution in [2.24, 2.45) is 5.92 Å². The Morgan fingerprint density at radius 2 is 1.86 bits per heavy atom. The fourth-order valence-electron chi connectivity index (χ4n) is 3.89. The van der Waals surface area contributed by atoms with Crippen molar-refractivity contribution < 1.29 is 0 Å². The molecule has 29 heavy (non-hydrogen) atoms. The first-order valence-corrected chi connectivity index (χ1v) is 11.2. The smallest absolute Gasteiger partial charge is 0.0340 e. The van der Waals surface area contributed by atoms with Crippen LogP contribution in [-0.4, -0.2) is 43.1 Å². The average Bonchev–Trinajstić information content (AvgIpc) is 3.57. The van der Waals surface area contributed by atoms with Gasteiger partial charge >= 0.3 is 0 Å². The summed E-state index contributed by atoms with van der Waals surface area (Å²) < 4.78 is 0. The van der Waals surface area contributed by atoms with E-state index in [2.05, 4.69) is 64.6 Å². The normalized spacial score (nSPS) is 16.8. The summed E-state index contributed by atoms with van der Waals surface area (Å²) in [5, 5.41) is 3.23. The van der Waals surface area contributed by atoms with E-state index in [0.29, 0.717) is 0 Å². The molecule has 1 saturated heterocycles. The number of aryl methyl sites for hydroxylation is 2. The molecule has 0 amide bonds. The number of rotatable bonds is 7. The average molecular weight is 392 g/mol. The molecule has 0 bridgehead atoms. The number of likely N-dealkylation sites (tertiary alicyclic amines) is 1. The number of nitrogens with one attached hydrogen (secondary N) is 1. The van der Waals surface area contributed by atoms with Gasteiger partial charge in [-0.25, -0.2) is 0 Å². The van der Waals surface area contributed by atoms with Crippen LogP contribution in [0.2, 0.25) is 0 Å². The van der Waals surface area contributed by atoms with Gasteiger partial charge in [-0.2, -0.15) is 0 Å². The van der Waals surface area contributed by atoms with Crippen LogP contribution in [0.4, 0.5) is 0 Å². The van der Waals surface area contributed by atoms with E-state index < -0.39 is 0 Å². The molecule has 1 aromatic carbocycles. The van der Waals surface area contributed by atoms with Crippen LogP contribution in [0.3, 0.4) is 0 Å². The molecular formula is C26H37N3. The number of hydrogen-bond donors (Lipinski definition) is 1. The Hall–Kier alpha value is -1.97. The van der Waals surface area contributed by atoms with Gasteiger partial charge in [0, 0.05) is 25.5 Å². The van der Waals surface area contributed by atoms with Crippen molar-refractivity contribution in [1.82, 2.24) is 15.2 Å². The molecule has 2 aliphatic rings.